The average molecular weight is 242 g/mol. The van der Waals surface area contributed by atoms with Gasteiger partial charge in [0.2, 0.25) is 0 Å². The Balaban J connectivity index is 2.00. The summed E-state index contributed by atoms with van der Waals surface area (Å²) in [4.78, 5) is 0. The first-order valence-electron chi connectivity index (χ1n) is 7.05. The van der Waals surface area contributed by atoms with Crippen molar-refractivity contribution >= 4 is 0 Å². The minimum atomic E-state index is 0.370. The third-order valence-corrected chi connectivity index (χ3v) is 4.06. The second kappa shape index (κ2) is 7.34. The van der Waals surface area contributed by atoms with Crippen molar-refractivity contribution in [3.05, 3.63) is 0 Å². The van der Waals surface area contributed by atoms with Crippen molar-refractivity contribution in [1.29, 1.82) is 0 Å². The SMILES string of the molecule is CC(C)C(C)(C)CNCCOC1CCNCC1. The Morgan fingerprint density at radius 2 is 1.94 bits per heavy atom. The molecule has 1 heterocycles. The highest BCUT2D eigenvalue weighted by molar-refractivity contribution is 4.75. The molecule has 17 heavy (non-hydrogen) atoms. The summed E-state index contributed by atoms with van der Waals surface area (Å²) in [5.74, 6) is 0.709. The lowest BCUT2D eigenvalue weighted by atomic mass is 9.81. The maximum atomic E-state index is 5.86. The molecule has 0 atom stereocenters. The van der Waals surface area contributed by atoms with E-state index in [1.807, 2.05) is 0 Å². The van der Waals surface area contributed by atoms with Crippen LogP contribution >= 0.6 is 0 Å². The zero-order valence-corrected chi connectivity index (χ0v) is 12.0. The summed E-state index contributed by atoms with van der Waals surface area (Å²) in [6.07, 6.45) is 2.81. The van der Waals surface area contributed by atoms with Gasteiger partial charge in [0, 0.05) is 13.1 Å². The lowest BCUT2D eigenvalue weighted by Crippen LogP contribution is -2.37. The van der Waals surface area contributed by atoms with Gasteiger partial charge in [-0.25, -0.2) is 0 Å². The molecule has 1 fully saturated rings. The van der Waals surface area contributed by atoms with E-state index in [0.29, 0.717) is 17.4 Å². The average Bonchev–Trinajstić information content (AvgIpc) is 2.29. The minimum absolute atomic E-state index is 0.370. The fourth-order valence-corrected chi connectivity index (χ4v) is 1.87. The first-order chi connectivity index (χ1) is 8.02. The molecule has 0 saturated carbocycles. The molecule has 0 aliphatic carbocycles. The highest BCUT2D eigenvalue weighted by Crippen LogP contribution is 2.24. The van der Waals surface area contributed by atoms with E-state index in [1.54, 1.807) is 0 Å². The van der Waals surface area contributed by atoms with Crippen LogP contribution in [0.15, 0.2) is 0 Å². The molecule has 0 unspecified atom stereocenters. The van der Waals surface area contributed by atoms with Gasteiger partial charge < -0.3 is 15.4 Å². The predicted molar refractivity (Wildman–Crippen MR) is 73.3 cm³/mol. The summed E-state index contributed by atoms with van der Waals surface area (Å²) in [5.41, 5.74) is 0.370. The van der Waals surface area contributed by atoms with Gasteiger partial charge in [0.25, 0.3) is 0 Å². The highest BCUT2D eigenvalue weighted by Gasteiger charge is 2.21. The number of rotatable bonds is 7. The van der Waals surface area contributed by atoms with Gasteiger partial charge in [0.15, 0.2) is 0 Å². The number of hydrogen-bond donors (Lipinski definition) is 2. The van der Waals surface area contributed by atoms with Crippen LogP contribution in [0, 0.1) is 11.3 Å². The van der Waals surface area contributed by atoms with Crippen molar-refractivity contribution in [3.63, 3.8) is 0 Å². The summed E-state index contributed by atoms with van der Waals surface area (Å²) in [7, 11) is 0. The monoisotopic (exact) mass is 242 g/mol. The molecular weight excluding hydrogens is 212 g/mol. The molecule has 102 valence electrons. The smallest absolute Gasteiger partial charge is 0.0600 e. The van der Waals surface area contributed by atoms with Crippen LogP contribution in [-0.4, -0.2) is 38.9 Å². The predicted octanol–water partition coefficient (Wildman–Crippen LogP) is 2.03. The first-order valence-corrected chi connectivity index (χ1v) is 7.05. The molecule has 0 aromatic heterocycles. The van der Waals surface area contributed by atoms with Crippen molar-refractivity contribution in [2.75, 3.05) is 32.8 Å². The summed E-state index contributed by atoms with van der Waals surface area (Å²) < 4.78 is 5.86. The van der Waals surface area contributed by atoms with Crippen LogP contribution < -0.4 is 10.6 Å². The maximum Gasteiger partial charge on any atom is 0.0600 e. The first kappa shape index (κ1) is 14.9. The minimum Gasteiger partial charge on any atom is -0.377 e. The summed E-state index contributed by atoms with van der Waals surface area (Å²) in [6.45, 7) is 14.3. The van der Waals surface area contributed by atoms with Crippen molar-refractivity contribution in [2.24, 2.45) is 11.3 Å². The molecule has 1 aliphatic rings. The highest BCUT2D eigenvalue weighted by atomic mass is 16.5. The van der Waals surface area contributed by atoms with E-state index in [2.05, 4.69) is 38.3 Å². The zero-order valence-electron chi connectivity index (χ0n) is 12.0. The molecule has 2 N–H and O–H groups in total. The molecule has 0 aromatic rings. The maximum absolute atomic E-state index is 5.86. The van der Waals surface area contributed by atoms with Crippen molar-refractivity contribution in [1.82, 2.24) is 10.6 Å². The lowest BCUT2D eigenvalue weighted by Gasteiger charge is -2.29. The summed E-state index contributed by atoms with van der Waals surface area (Å²) >= 11 is 0. The molecule has 0 radical (unpaired) electrons. The molecule has 0 amide bonds. The quantitative estimate of drug-likeness (QED) is 0.670. The Hall–Kier alpha value is -0.120. The molecule has 1 rings (SSSR count). The number of hydrogen-bond acceptors (Lipinski definition) is 3. The Labute approximate surface area is 107 Å². The summed E-state index contributed by atoms with van der Waals surface area (Å²) in [5, 5.41) is 6.86. The molecule has 0 spiro atoms. The Bertz CT molecular complexity index is 198. The third kappa shape index (κ3) is 5.84. The van der Waals surface area contributed by atoms with E-state index in [1.165, 1.54) is 0 Å². The second-order valence-electron chi connectivity index (χ2n) is 6.14. The van der Waals surface area contributed by atoms with E-state index < -0.39 is 0 Å². The molecular formula is C14H30N2O. The van der Waals surface area contributed by atoms with E-state index in [-0.39, 0.29) is 0 Å². The Morgan fingerprint density at radius 1 is 1.29 bits per heavy atom. The number of piperidine rings is 1. The van der Waals surface area contributed by atoms with Crippen LogP contribution in [0.1, 0.15) is 40.5 Å². The van der Waals surface area contributed by atoms with Gasteiger partial charge in [-0.15, -0.1) is 0 Å². The largest absolute Gasteiger partial charge is 0.377 e. The standard InChI is InChI=1S/C14H30N2O/c1-12(2)14(3,4)11-16-9-10-17-13-5-7-15-8-6-13/h12-13,15-16H,5-11H2,1-4H3. The molecule has 1 saturated heterocycles. The van der Waals surface area contributed by atoms with Gasteiger partial charge in [-0.1, -0.05) is 27.7 Å². The zero-order chi connectivity index (χ0) is 12.7. The van der Waals surface area contributed by atoms with Crippen LogP contribution in [-0.2, 0) is 4.74 Å². The molecule has 0 aromatic carbocycles. The van der Waals surface area contributed by atoms with E-state index in [4.69, 9.17) is 4.74 Å². The molecule has 0 bridgehead atoms. The van der Waals surface area contributed by atoms with Crippen LogP contribution in [0.5, 0.6) is 0 Å². The van der Waals surface area contributed by atoms with Crippen molar-refractivity contribution in [2.45, 2.75) is 46.6 Å². The molecule has 3 nitrogen and oxygen atoms in total. The Morgan fingerprint density at radius 3 is 2.53 bits per heavy atom. The number of nitrogens with one attached hydrogen (secondary N) is 2. The van der Waals surface area contributed by atoms with E-state index >= 15 is 0 Å². The van der Waals surface area contributed by atoms with Crippen LogP contribution in [0.4, 0.5) is 0 Å². The van der Waals surface area contributed by atoms with Gasteiger partial charge in [-0.05, 0) is 37.3 Å². The topological polar surface area (TPSA) is 33.3 Å². The van der Waals surface area contributed by atoms with E-state index in [0.717, 1.165) is 45.6 Å². The third-order valence-electron chi connectivity index (χ3n) is 4.06. The fraction of sp³-hybridized carbons (Fsp3) is 1.00. The molecule has 3 heteroatoms. The van der Waals surface area contributed by atoms with Gasteiger partial charge in [0.05, 0.1) is 12.7 Å². The normalized spacial score (nSPS) is 18.9. The van der Waals surface area contributed by atoms with Crippen LogP contribution in [0.25, 0.3) is 0 Å². The van der Waals surface area contributed by atoms with Crippen molar-refractivity contribution < 1.29 is 4.74 Å². The van der Waals surface area contributed by atoms with E-state index in [9.17, 15) is 0 Å². The van der Waals surface area contributed by atoms with Crippen molar-refractivity contribution in [3.8, 4) is 0 Å². The number of ether oxygens (including phenoxy) is 1. The van der Waals surface area contributed by atoms with Gasteiger partial charge >= 0.3 is 0 Å². The van der Waals surface area contributed by atoms with Gasteiger partial charge in [-0.3, -0.25) is 0 Å². The van der Waals surface area contributed by atoms with Gasteiger partial charge in [0.1, 0.15) is 0 Å². The summed E-state index contributed by atoms with van der Waals surface area (Å²) in [6, 6.07) is 0. The Kier molecular flexibility index (Phi) is 6.45. The molecule has 1 aliphatic heterocycles. The van der Waals surface area contributed by atoms with Gasteiger partial charge in [-0.2, -0.15) is 0 Å². The lowest BCUT2D eigenvalue weighted by molar-refractivity contribution is 0.0336. The van der Waals surface area contributed by atoms with Crippen LogP contribution in [0.2, 0.25) is 0 Å². The fourth-order valence-electron chi connectivity index (χ4n) is 1.87. The second-order valence-corrected chi connectivity index (χ2v) is 6.14. The van der Waals surface area contributed by atoms with Crippen LogP contribution in [0.3, 0.4) is 0 Å².